The first-order valence-electron chi connectivity index (χ1n) is 5.58. The predicted molar refractivity (Wildman–Crippen MR) is 61.7 cm³/mol. The Morgan fingerprint density at radius 3 is 3.11 bits per heavy atom. The topological polar surface area (TPSA) is 51.0 Å². The fourth-order valence-electron chi connectivity index (χ4n) is 1.94. The van der Waals surface area contributed by atoms with Gasteiger partial charge in [-0.1, -0.05) is 11.2 Å². The molecule has 1 fully saturated rings. The number of halogens is 2. The maximum Gasteiger partial charge on any atom is 0.262 e. The van der Waals surface area contributed by atoms with Gasteiger partial charge < -0.3 is 4.52 Å². The summed E-state index contributed by atoms with van der Waals surface area (Å²) >= 11 is 1.60. The number of nitrogens with zero attached hydrogens (tertiary/aromatic N) is 2. The molecule has 18 heavy (non-hydrogen) atoms. The van der Waals surface area contributed by atoms with E-state index < -0.39 is 12.0 Å². The quantitative estimate of drug-likeness (QED) is 0.931. The lowest BCUT2D eigenvalue weighted by Crippen LogP contribution is -2.19. The Hall–Kier alpha value is -1.34. The molecule has 0 bridgehead atoms. The van der Waals surface area contributed by atoms with Crippen molar-refractivity contribution in [3.8, 4) is 0 Å². The molecule has 3 heterocycles. The van der Waals surface area contributed by atoms with Crippen LogP contribution >= 0.6 is 11.3 Å². The fourth-order valence-corrected chi connectivity index (χ4v) is 2.64. The molecule has 2 aromatic heterocycles. The van der Waals surface area contributed by atoms with E-state index in [1.54, 1.807) is 11.3 Å². The third-order valence-electron chi connectivity index (χ3n) is 2.80. The summed E-state index contributed by atoms with van der Waals surface area (Å²) < 4.78 is 31.1. The first-order valence-corrected chi connectivity index (χ1v) is 6.46. The molecule has 0 radical (unpaired) electrons. The van der Waals surface area contributed by atoms with Gasteiger partial charge >= 0.3 is 0 Å². The SMILES string of the molecule is FC1(F)CNC(c2nc(Cc3cccs3)no2)C1. The van der Waals surface area contributed by atoms with Gasteiger partial charge in [-0.2, -0.15) is 4.98 Å². The van der Waals surface area contributed by atoms with Crippen molar-refractivity contribution >= 4 is 11.3 Å². The maximum absolute atomic E-state index is 13.0. The van der Waals surface area contributed by atoms with Crippen LogP contribution in [0.4, 0.5) is 8.78 Å². The molecular formula is C11H11F2N3OS. The normalized spacial score (nSPS) is 22.4. The molecule has 1 aliphatic heterocycles. The standard InChI is InChI=1S/C11H11F2N3OS/c12-11(13)5-8(14-6-11)10-15-9(16-17-10)4-7-2-1-3-18-7/h1-3,8,14H,4-6H2. The lowest BCUT2D eigenvalue weighted by atomic mass is 10.2. The van der Waals surface area contributed by atoms with E-state index in [-0.39, 0.29) is 18.9 Å². The number of rotatable bonds is 3. The van der Waals surface area contributed by atoms with Crippen LogP contribution in [-0.4, -0.2) is 22.6 Å². The van der Waals surface area contributed by atoms with Crippen LogP contribution in [0.25, 0.3) is 0 Å². The Kier molecular flexibility index (Phi) is 2.87. The molecule has 3 rings (SSSR count). The number of hydrogen-bond acceptors (Lipinski definition) is 5. The van der Waals surface area contributed by atoms with Crippen molar-refractivity contribution in [3.63, 3.8) is 0 Å². The van der Waals surface area contributed by atoms with Crippen LogP contribution in [0.1, 0.15) is 29.1 Å². The van der Waals surface area contributed by atoms with Crippen molar-refractivity contribution in [1.82, 2.24) is 15.5 Å². The van der Waals surface area contributed by atoms with E-state index in [9.17, 15) is 8.78 Å². The van der Waals surface area contributed by atoms with Crippen LogP contribution in [0.3, 0.4) is 0 Å². The number of nitrogens with one attached hydrogen (secondary N) is 1. The van der Waals surface area contributed by atoms with Crippen molar-refractivity contribution in [2.45, 2.75) is 24.8 Å². The smallest absolute Gasteiger partial charge is 0.262 e. The number of alkyl halides is 2. The molecule has 0 spiro atoms. The van der Waals surface area contributed by atoms with Crippen molar-refractivity contribution < 1.29 is 13.3 Å². The lowest BCUT2D eigenvalue weighted by molar-refractivity contribution is 0.0200. The number of aromatic nitrogens is 2. The summed E-state index contributed by atoms with van der Waals surface area (Å²) in [5.74, 6) is -1.91. The molecule has 1 unspecified atom stereocenters. The summed E-state index contributed by atoms with van der Waals surface area (Å²) in [6.07, 6.45) is 0.290. The van der Waals surface area contributed by atoms with Gasteiger partial charge in [0.05, 0.1) is 12.6 Å². The summed E-state index contributed by atoms with van der Waals surface area (Å²) in [6, 6.07) is 3.38. The van der Waals surface area contributed by atoms with Crippen molar-refractivity contribution in [2.24, 2.45) is 0 Å². The minimum atomic E-state index is -2.69. The number of hydrogen-bond donors (Lipinski definition) is 1. The monoisotopic (exact) mass is 271 g/mol. The minimum Gasteiger partial charge on any atom is -0.338 e. The molecule has 0 amide bonds. The average molecular weight is 271 g/mol. The van der Waals surface area contributed by atoms with E-state index in [1.165, 1.54) is 0 Å². The fraction of sp³-hybridized carbons (Fsp3) is 0.455. The van der Waals surface area contributed by atoms with Gasteiger partial charge in [0.1, 0.15) is 0 Å². The second-order valence-corrected chi connectivity index (χ2v) is 5.33. The van der Waals surface area contributed by atoms with Crippen molar-refractivity contribution in [3.05, 3.63) is 34.1 Å². The molecule has 96 valence electrons. The van der Waals surface area contributed by atoms with Gasteiger partial charge in [0.2, 0.25) is 5.89 Å². The van der Waals surface area contributed by atoms with Crippen molar-refractivity contribution in [2.75, 3.05) is 6.54 Å². The summed E-state index contributed by atoms with van der Waals surface area (Å²) in [7, 11) is 0. The second-order valence-electron chi connectivity index (χ2n) is 4.30. The molecule has 1 N–H and O–H groups in total. The molecule has 0 saturated carbocycles. The summed E-state index contributed by atoms with van der Waals surface area (Å²) in [5.41, 5.74) is 0. The highest BCUT2D eigenvalue weighted by molar-refractivity contribution is 7.09. The number of thiophene rings is 1. The molecule has 4 nitrogen and oxygen atoms in total. The Morgan fingerprint density at radius 2 is 2.44 bits per heavy atom. The van der Waals surface area contributed by atoms with Gasteiger partial charge in [-0.25, -0.2) is 8.78 Å². The molecule has 2 aromatic rings. The zero-order valence-corrected chi connectivity index (χ0v) is 10.2. The Morgan fingerprint density at radius 1 is 1.56 bits per heavy atom. The van der Waals surface area contributed by atoms with Crippen LogP contribution in [0.2, 0.25) is 0 Å². The Labute approximate surface area is 106 Å². The molecule has 1 saturated heterocycles. The Balaban J connectivity index is 1.70. The molecule has 7 heteroatoms. The lowest BCUT2D eigenvalue weighted by Gasteiger charge is -2.04. The van der Waals surface area contributed by atoms with Gasteiger partial charge in [0, 0.05) is 17.7 Å². The van der Waals surface area contributed by atoms with Crippen LogP contribution in [0, 0.1) is 0 Å². The summed E-state index contributed by atoms with van der Waals surface area (Å²) in [5, 5.41) is 8.48. The molecule has 0 aromatic carbocycles. The van der Waals surface area contributed by atoms with E-state index in [4.69, 9.17) is 4.52 Å². The van der Waals surface area contributed by atoms with Gasteiger partial charge in [0.25, 0.3) is 5.92 Å². The predicted octanol–water partition coefficient (Wildman–Crippen LogP) is 2.39. The maximum atomic E-state index is 13.0. The zero-order valence-electron chi connectivity index (χ0n) is 9.40. The average Bonchev–Trinajstić information content (AvgIpc) is 3.00. The van der Waals surface area contributed by atoms with Crippen LogP contribution in [0.15, 0.2) is 22.0 Å². The first kappa shape index (κ1) is 11.7. The van der Waals surface area contributed by atoms with Gasteiger partial charge in [-0.3, -0.25) is 5.32 Å². The van der Waals surface area contributed by atoms with Gasteiger partial charge in [-0.15, -0.1) is 11.3 Å². The highest BCUT2D eigenvalue weighted by Gasteiger charge is 2.42. The highest BCUT2D eigenvalue weighted by Crippen LogP contribution is 2.33. The summed E-state index contributed by atoms with van der Waals surface area (Å²) in [6.45, 7) is -0.333. The van der Waals surface area contributed by atoms with Crippen molar-refractivity contribution in [1.29, 1.82) is 0 Å². The van der Waals surface area contributed by atoms with E-state index in [0.717, 1.165) is 4.88 Å². The van der Waals surface area contributed by atoms with E-state index in [2.05, 4.69) is 15.5 Å². The van der Waals surface area contributed by atoms with E-state index >= 15 is 0 Å². The molecular weight excluding hydrogens is 260 g/mol. The summed E-state index contributed by atoms with van der Waals surface area (Å²) in [4.78, 5) is 5.28. The minimum absolute atomic E-state index is 0.249. The third-order valence-corrected chi connectivity index (χ3v) is 3.68. The highest BCUT2D eigenvalue weighted by atomic mass is 32.1. The zero-order chi connectivity index (χ0) is 12.6. The van der Waals surface area contributed by atoms with Gasteiger partial charge in [0.15, 0.2) is 5.82 Å². The molecule has 1 atom stereocenters. The van der Waals surface area contributed by atoms with Crippen LogP contribution < -0.4 is 5.32 Å². The second kappa shape index (κ2) is 4.40. The van der Waals surface area contributed by atoms with E-state index in [1.807, 2.05) is 17.5 Å². The molecule has 0 aliphatic carbocycles. The van der Waals surface area contributed by atoms with Crippen LogP contribution in [-0.2, 0) is 6.42 Å². The molecule has 1 aliphatic rings. The van der Waals surface area contributed by atoms with Crippen LogP contribution in [0.5, 0.6) is 0 Å². The first-order chi connectivity index (χ1) is 8.62. The largest absolute Gasteiger partial charge is 0.338 e. The Bertz CT molecular complexity index is 526. The van der Waals surface area contributed by atoms with Gasteiger partial charge in [-0.05, 0) is 11.4 Å². The van der Waals surface area contributed by atoms with E-state index in [0.29, 0.717) is 12.2 Å². The third kappa shape index (κ3) is 2.41.